The van der Waals surface area contributed by atoms with Crippen LogP contribution in [0.25, 0.3) is 0 Å². The molecule has 0 saturated carbocycles. The molecule has 0 spiro atoms. The van der Waals surface area contributed by atoms with Crippen LogP contribution in [0.1, 0.15) is 34.5 Å². The number of hydrazone groups is 1. The second-order valence-electron chi connectivity index (χ2n) is 7.40. The Morgan fingerprint density at radius 2 is 1.86 bits per heavy atom. The molecule has 2 amide bonds. The fourth-order valence-electron chi connectivity index (χ4n) is 2.95. The number of hydrogen-bond donors (Lipinski definition) is 4. The lowest BCUT2D eigenvalue weighted by molar-refractivity contribution is -0.118. The number of aliphatic hydroxyl groups is 1. The zero-order valence-corrected chi connectivity index (χ0v) is 19.7. The molecule has 3 aromatic carbocycles. The number of ether oxygens (including phenoxy) is 2. The Hall–Kier alpha value is -4.08. The first-order chi connectivity index (χ1) is 16.8. The zero-order chi connectivity index (χ0) is 25.4. The molecule has 1 unspecified atom stereocenters. The average Bonchev–Trinajstić information content (AvgIpc) is 2.85. The molecule has 182 valence electrons. The number of aromatic hydroxyl groups is 1. The van der Waals surface area contributed by atoms with Crippen LogP contribution in [0.2, 0.25) is 5.02 Å². The highest BCUT2D eigenvalue weighted by Crippen LogP contribution is 2.25. The first kappa shape index (κ1) is 25.5. The Morgan fingerprint density at radius 3 is 2.51 bits per heavy atom. The van der Waals surface area contributed by atoms with E-state index in [1.807, 2.05) is 0 Å². The van der Waals surface area contributed by atoms with Crippen molar-refractivity contribution >= 4 is 35.3 Å². The number of phenolic OH excluding ortho intramolecular Hbond substituents is 1. The molecule has 4 N–H and O–H groups in total. The van der Waals surface area contributed by atoms with Gasteiger partial charge in [-0.1, -0.05) is 23.7 Å². The predicted molar refractivity (Wildman–Crippen MR) is 132 cm³/mol. The number of phenols is 1. The van der Waals surface area contributed by atoms with Crippen molar-refractivity contribution in [3.63, 3.8) is 0 Å². The predicted octanol–water partition coefficient (Wildman–Crippen LogP) is 3.89. The van der Waals surface area contributed by atoms with Crippen LogP contribution in [0.5, 0.6) is 17.2 Å². The molecule has 9 nitrogen and oxygen atoms in total. The van der Waals surface area contributed by atoms with Gasteiger partial charge in [-0.15, -0.1) is 0 Å². The number of methoxy groups -OCH3 is 1. The molecule has 3 rings (SSSR count). The lowest BCUT2D eigenvalue weighted by atomic mass is 10.1. The first-order valence-corrected chi connectivity index (χ1v) is 10.8. The van der Waals surface area contributed by atoms with Gasteiger partial charge in [0.05, 0.1) is 24.5 Å². The van der Waals surface area contributed by atoms with Crippen LogP contribution in [0.15, 0.2) is 65.8 Å². The summed E-state index contributed by atoms with van der Waals surface area (Å²) in [5.41, 5.74) is 4.50. The van der Waals surface area contributed by atoms with Gasteiger partial charge in [0.15, 0.2) is 6.61 Å². The van der Waals surface area contributed by atoms with Crippen LogP contribution in [0.4, 0.5) is 5.69 Å². The van der Waals surface area contributed by atoms with Gasteiger partial charge < -0.3 is 25.0 Å². The number of aliphatic hydroxyl groups excluding tert-OH is 1. The Bertz CT molecular complexity index is 1230. The Morgan fingerprint density at radius 1 is 1.11 bits per heavy atom. The number of benzene rings is 3. The van der Waals surface area contributed by atoms with E-state index in [4.69, 9.17) is 21.1 Å². The smallest absolute Gasteiger partial charge is 0.271 e. The van der Waals surface area contributed by atoms with Crippen molar-refractivity contribution in [3.8, 4) is 17.2 Å². The molecule has 0 aliphatic carbocycles. The molecule has 0 aliphatic rings. The van der Waals surface area contributed by atoms with E-state index >= 15 is 0 Å². The van der Waals surface area contributed by atoms with Crippen LogP contribution in [-0.2, 0) is 4.79 Å². The van der Waals surface area contributed by atoms with Crippen LogP contribution in [-0.4, -0.2) is 42.0 Å². The van der Waals surface area contributed by atoms with Crippen LogP contribution < -0.4 is 20.2 Å². The van der Waals surface area contributed by atoms with Crippen LogP contribution in [0.3, 0.4) is 0 Å². The highest BCUT2D eigenvalue weighted by atomic mass is 35.5. The summed E-state index contributed by atoms with van der Waals surface area (Å²) in [6.45, 7) is 1.44. The molecular weight excluding hydrogens is 474 g/mol. The van der Waals surface area contributed by atoms with Gasteiger partial charge in [0.25, 0.3) is 11.8 Å². The Balaban J connectivity index is 1.55. The van der Waals surface area contributed by atoms with Gasteiger partial charge in [0.1, 0.15) is 17.2 Å². The number of amides is 2. The molecular formula is C25H24ClN3O6. The zero-order valence-electron chi connectivity index (χ0n) is 19.0. The van der Waals surface area contributed by atoms with Gasteiger partial charge in [-0.25, -0.2) is 5.43 Å². The molecule has 3 aromatic rings. The molecule has 0 fully saturated rings. The molecule has 0 saturated heterocycles. The summed E-state index contributed by atoms with van der Waals surface area (Å²) >= 11 is 5.81. The van der Waals surface area contributed by atoms with Crippen molar-refractivity contribution in [1.29, 1.82) is 0 Å². The monoisotopic (exact) mass is 497 g/mol. The molecule has 0 bridgehead atoms. The highest BCUT2D eigenvalue weighted by molar-refractivity contribution is 6.32. The van der Waals surface area contributed by atoms with Gasteiger partial charge in [-0.05, 0) is 55.0 Å². The molecule has 1 atom stereocenters. The number of nitrogens with zero attached hydrogens (tertiary/aromatic N) is 1. The molecule has 0 aliphatic heterocycles. The minimum atomic E-state index is -0.583. The van der Waals surface area contributed by atoms with E-state index < -0.39 is 12.0 Å². The van der Waals surface area contributed by atoms with Crippen molar-refractivity contribution < 1.29 is 29.3 Å². The van der Waals surface area contributed by atoms with Crippen molar-refractivity contribution in [2.45, 2.75) is 13.0 Å². The summed E-state index contributed by atoms with van der Waals surface area (Å²) in [7, 11) is 1.47. The molecule has 10 heteroatoms. The third-order valence-corrected chi connectivity index (χ3v) is 5.13. The van der Waals surface area contributed by atoms with Crippen LogP contribution in [0, 0.1) is 0 Å². The maximum atomic E-state index is 12.2. The molecule has 0 heterocycles. The molecule has 35 heavy (non-hydrogen) atoms. The standard InChI is InChI=1S/C25H24ClN3O6/c1-15(30)16-3-7-19(8-4-16)28-24(32)14-35-20-9-5-18(23(12-20)34-2)13-27-29-25(33)17-6-10-22(31)21(26)11-17/h3-13,15,30-31H,14H2,1-2H3,(H,28,32)(H,29,33)/b27-13+. The van der Waals surface area contributed by atoms with Crippen molar-refractivity contribution in [3.05, 3.63) is 82.4 Å². The lowest BCUT2D eigenvalue weighted by Gasteiger charge is -2.11. The molecule has 0 radical (unpaired) electrons. The van der Waals surface area contributed by atoms with E-state index in [1.165, 1.54) is 31.5 Å². The SMILES string of the molecule is COc1cc(OCC(=O)Nc2ccc(C(C)O)cc2)ccc1/C=N/NC(=O)c1ccc(O)c(Cl)c1. The summed E-state index contributed by atoms with van der Waals surface area (Å²) in [5.74, 6) is -0.156. The van der Waals surface area contributed by atoms with Crippen molar-refractivity contribution in [2.75, 3.05) is 19.0 Å². The highest BCUT2D eigenvalue weighted by Gasteiger charge is 2.10. The second-order valence-corrected chi connectivity index (χ2v) is 7.81. The minimum absolute atomic E-state index is 0.0572. The van der Waals surface area contributed by atoms with Gasteiger partial charge in [-0.2, -0.15) is 5.10 Å². The second kappa shape index (κ2) is 11.9. The van der Waals surface area contributed by atoms with Gasteiger partial charge in [0.2, 0.25) is 0 Å². The number of hydrogen-bond acceptors (Lipinski definition) is 7. The topological polar surface area (TPSA) is 129 Å². The maximum absolute atomic E-state index is 12.2. The maximum Gasteiger partial charge on any atom is 0.271 e. The fraction of sp³-hybridized carbons (Fsp3) is 0.160. The number of nitrogens with one attached hydrogen (secondary N) is 2. The van der Waals surface area contributed by atoms with E-state index in [9.17, 15) is 19.8 Å². The van der Waals surface area contributed by atoms with Crippen molar-refractivity contribution in [1.82, 2.24) is 5.43 Å². The summed E-state index contributed by atoms with van der Waals surface area (Å²) < 4.78 is 10.9. The van der Waals surface area contributed by atoms with Crippen molar-refractivity contribution in [2.24, 2.45) is 5.10 Å². The van der Waals surface area contributed by atoms with Gasteiger partial charge >= 0.3 is 0 Å². The van der Waals surface area contributed by atoms with E-state index in [2.05, 4.69) is 15.8 Å². The quantitative estimate of drug-likeness (QED) is 0.262. The van der Waals surface area contributed by atoms with E-state index in [0.717, 1.165) is 5.56 Å². The fourth-order valence-corrected chi connectivity index (χ4v) is 3.13. The lowest BCUT2D eigenvalue weighted by Crippen LogP contribution is -2.20. The summed E-state index contributed by atoms with van der Waals surface area (Å²) in [6, 6.07) is 15.8. The van der Waals surface area contributed by atoms with E-state index in [1.54, 1.807) is 49.4 Å². The van der Waals surface area contributed by atoms with Gasteiger partial charge in [0, 0.05) is 22.9 Å². The third kappa shape index (κ3) is 7.20. The van der Waals surface area contributed by atoms with Gasteiger partial charge in [-0.3, -0.25) is 9.59 Å². The number of halogens is 1. The summed E-state index contributed by atoms with van der Waals surface area (Å²) in [6.07, 6.45) is 0.812. The normalized spacial score (nSPS) is 11.7. The number of carbonyl (C=O) groups is 2. The average molecular weight is 498 g/mol. The summed E-state index contributed by atoms with van der Waals surface area (Å²) in [4.78, 5) is 24.4. The Kier molecular flexibility index (Phi) is 8.66. The third-order valence-electron chi connectivity index (χ3n) is 4.83. The van der Waals surface area contributed by atoms with E-state index in [-0.39, 0.29) is 28.8 Å². The summed E-state index contributed by atoms with van der Waals surface area (Å²) in [5, 5.41) is 25.7. The largest absolute Gasteiger partial charge is 0.506 e. The van der Waals surface area contributed by atoms with Crippen LogP contribution >= 0.6 is 11.6 Å². The number of carbonyl (C=O) groups excluding carboxylic acids is 2. The first-order valence-electron chi connectivity index (χ1n) is 10.5. The Labute approximate surface area is 207 Å². The number of anilines is 1. The number of rotatable bonds is 9. The van der Waals surface area contributed by atoms with E-state index in [0.29, 0.717) is 22.7 Å². The molecule has 0 aromatic heterocycles. The minimum Gasteiger partial charge on any atom is -0.506 e.